The summed E-state index contributed by atoms with van der Waals surface area (Å²) in [4.78, 5) is 5.65. The summed E-state index contributed by atoms with van der Waals surface area (Å²) < 4.78 is 25.7. The van der Waals surface area contributed by atoms with Crippen molar-refractivity contribution in [3.8, 4) is 0 Å². The van der Waals surface area contributed by atoms with Gasteiger partial charge in [-0.05, 0) is 49.8 Å². The molecule has 0 atom stereocenters. The molecule has 1 aromatic heterocycles. The minimum Gasteiger partial charge on any atom is -0.361 e. The Morgan fingerprint density at radius 2 is 1.95 bits per heavy atom. The van der Waals surface area contributed by atoms with E-state index in [9.17, 15) is 8.42 Å². The van der Waals surface area contributed by atoms with Gasteiger partial charge in [0.25, 0.3) is 0 Å². The smallest absolute Gasteiger partial charge is 0.215 e. The van der Waals surface area contributed by atoms with Gasteiger partial charge in [0.15, 0.2) is 0 Å². The van der Waals surface area contributed by atoms with Gasteiger partial charge in [0, 0.05) is 23.6 Å². The number of fused-ring (bicyclic) bond motifs is 1. The van der Waals surface area contributed by atoms with Gasteiger partial charge in [0.05, 0.1) is 5.75 Å². The highest BCUT2D eigenvalue weighted by molar-refractivity contribution is 7.88. The predicted octanol–water partition coefficient (Wildman–Crippen LogP) is 2.10. The number of sulfonamides is 1. The lowest BCUT2D eigenvalue weighted by Gasteiger charge is -2.17. The summed E-state index contributed by atoms with van der Waals surface area (Å²) in [6.07, 6.45) is 2.99. The summed E-state index contributed by atoms with van der Waals surface area (Å²) >= 11 is 0. The first-order chi connectivity index (χ1) is 10.5. The van der Waals surface area contributed by atoms with Crippen LogP contribution in [0.2, 0.25) is 0 Å². The first-order valence-corrected chi connectivity index (χ1v) is 9.36. The summed E-state index contributed by atoms with van der Waals surface area (Å²) in [6.45, 7) is 7.44. The Morgan fingerprint density at radius 1 is 1.23 bits per heavy atom. The van der Waals surface area contributed by atoms with Crippen molar-refractivity contribution in [2.24, 2.45) is 0 Å². The van der Waals surface area contributed by atoms with Gasteiger partial charge in [-0.3, -0.25) is 0 Å². The number of hydrogen-bond donors (Lipinski definition) is 2. The number of H-pyrrole nitrogens is 1. The number of aromatic amines is 1. The van der Waals surface area contributed by atoms with Crippen LogP contribution in [0.25, 0.3) is 10.9 Å². The first-order valence-electron chi connectivity index (χ1n) is 7.71. The maximum Gasteiger partial charge on any atom is 0.215 e. The molecular formula is C16H25N3O2S. The van der Waals surface area contributed by atoms with Crippen molar-refractivity contribution >= 4 is 20.9 Å². The lowest BCUT2D eigenvalue weighted by atomic mass is 10.1. The quantitative estimate of drug-likeness (QED) is 0.782. The van der Waals surface area contributed by atoms with E-state index < -0.39 is 10.0 Å². The lowest BCUT2D eigenvalue weighted by Crippen LogP contribution is -2.25. The van der Waals surface area contributed by atoms with Crippen LogP contribution in [0.5, 0.6) is 0 Å². The number of nitrogens with one attached hydrogen (secondary N) is 2. The summed E-state index contributed by atoms with van der Waals surface area (Å²) in [5.41, 5.74) is 3.11. The van der Waals surface area contributed by atoms with Gasteiger partial charge in [-0.1, -0.05) is 19.9 Å². The predicted molar refractivity (Wildman–Crippen MR) is 91.5 cm³/mol. The van der Waals surface area contributed by atoms with Gasteiger partial charge >= 0.3 is 0 Å². The number of hydrogen-bond acceptors (Lipinski definition) is 3. The average Bonchev–Trinajstić information content (AvgIpc) is 2.90. The Bertz CT molecular complexity index is 718. The van der Waals surface area contributed by atoms with Crippen molar-refractivity contribution in [3.63, 3.8) is 0 Å². The zero-order valence-corrected chi connectivity index (χ0v) is 14.3. The van der Waals surface area contributed by atoms with E-state index in [2.05, 4.69) is 28.5 Å². The van der Waals surface area contributed by atoms with Crippen LogP contribution in [0.1, 0.15) is 25.0 Å². The standard InChI is InChI=1S/C16H25N3O2S/c1-4-19(5-2)9-8-14-11-18-16-7-6-13(10-15(14)16)12-22(20,21)17-3/h6-7,10-11,17-18H,4-5,8-9,12H2,1-3H3. The van der Waals surface area contributed by atoms with Gasteiger partial charge in [0.1, 0.15) is 0 Å². The summed E-state index contributed by atoms with van der Waals surface area (Å²) in [5.74, 6) is 0.0140. The van der Waals surface area contributed by atoms with Gasteiger partial charge in [-0.2, -0.15) is 0 Å². The zero-order valence-electron chi connectivity index (χ0n) is 13.5. The normalized spacial score (nSPS) is 12.4. The molecule has 0 radical (unpaired) electrons. The van der Waals surface area contributed by atoms with Crippen molar-refractivity contribution in [2.75, 3.05) is 26.7 Å². The topological polar surface area (TPSA) is 65.2 Å². The van der Waals surface area contributed by atoms with Crippen molar-refractivity contribution < 1.29 is 8.42 Å². The fourth-order valence-corrected chi connectivity index (χ4v) is 3.39. The summed E-state index contributed by atoms with van der Waals surface area (Å²) in [7, 11) is -1.80. The van der Waals surface area contributed by atoms with Crippen molar-refractivity contribution in [2.45, 2.75) is 26.0 Å². The fourth-order valence-electron chi connectivity index (χ4n) is 2.63. The summed E-state index contributed by atoms with van der Waals surface area (Å²) in [6, 6.07) is 5.80. The van der Waals surface area contributed by atoms with E-state index in [1.54, 1.807) is 0 Å². The van der Waals surface area contributed by atoms with Crippen LogP contribution < -0.4 is 4.72 Å². The molecule has 0 unspecified atom stereocenters. The van der Waals surface area contributed by atoms with Crippen molar-refractivity contribution in [3.05, 3.63) is 35.5 Å². The van der Waals surface area contributed by atoms with Crippen LogP contribution in [0.15, 0.2) is 24.4 Å². The third-order valence-electron chi connectivity index (χ3n) is 4.09. The molecule has 5 nitrogen and oxygen atoms in total. The Morgan fingerprint density at radius 3 is 2.59 bits per heavy atom. The lowest BCUT2D eigenvalue weighted by molar-refractivity contribution is 0.308. The highest BCUT2D eigenvalue weighted by Gasteiger charge is 2.11. The highest BCUT2D eigenvalue weighted by atomic mass is 32.2. The number of nitrogens with zero attached hydrogens (tertiary/aromatic N) is 1. The molecule has 0 saturated heterocycles. The van der Waals surface area contributed by atoms with Gasteiger partial charge in [-0.15, -0.1) is 0 Å². The molecule has 0 aliphatic carbocycles. The molecule has 0 amide bonds. The molecule has 1 heterocycles. The van der Waals surface area contributed by atoms with E-state index in [1.807, 2.05) is 24.4 Å². The van der Waals surface area contributed by atoms with Gasteiger partial charge in [0.2, 0.25) is 10.0 Å². The van der Waals surface area contributed by atoms with Crippen LogP contribution in [-0.4, -0.2) is 45.0 Å². The van der Waals surface area contributed by atoms with E-state index in [0.29, 0.717) is 0 Å². The minimum absolute atomic E-state index is 0.0140. The third kappa shape index (κ3) is 4.09. The van der Waals surface area contributed by atoms with Gasteiger partial charge in [-0.25, -0.2) is 13.1 Å². The van der Waals surface area contributed by atoms with Crippen LogP contribution >= 0.6 is 0 Å². The van der Waals surface area contributed by atoms with E-state index in [4.69, 9.17) is 0 Å². The van der Waals surface area contributed by atoms with E-state index in [-0.39, 0.29) is 5.75 Å². The molecule has 122 valence electrons. The van der Waals surface area contributed by atoms with Crippen LogP contribution in [0.3, 0.4) is 0 Å². The van der Waals surface area contributed by atoms with E-state index >= 15 is 0 Å². The second-order valence-corrected chi connectivity index (χ2v) is 7.36. The van der Waals surface area contributed by atoms with E-state index in [0.717, 1.165) is 42.5 Å². The molecule has 2 aromatic rings. The molecule has 0 spiro atoms. The molecule has 6 heteroatoms. The molecular weight excluding hydrogens is 298 g/mol. The zero-order chi connectivity index (χ0) is 16.2. The Labute approximate surface area is 132 Å². The number of benzene rings is 1. The third-order valence-corrected chi connectivity index (χ3v) is 5.43. The molecule has 0 aliphatic heterocycles. The average molecular weight is 323 g/mol. The number of likely N-dealkylation sites (N-methyl/N-ethyl adjacent to an activating group) is 1. The molecule has 0 aliphatic rings. The Hall–Kier alpha value is -1.37. The van der Waals surface area contributed by atoms with E-state index in [1.165, 1.54) is 12.6 Å². The first kappa shape index (κ1) is 17.0. The largest absolute Gasteiger partial charge is 0.361 e. The molecule has 2 rings (SSSR count). The number of rotatable bonds is 8. The fraction of sp³-hybridized carbons (Fsp3) is 0.500. The second kappa shape index (κ2) is 7.26. The maximum absolute atomic E-state index is 11.7. The van der Waals surface area contributed by atoms with Gasteiger partial charge < -0.3 is 9.88 Å². The SMILES string of the molecule is CCN(CC)CCc1c[nH]c2ccc(CS(=O)(=O)NC)cc12. The van der Waals surface area contributed by atoms with Crippen molar-refractivity contribution in [1.82, 2.24) is 14.6 Å². The van der Waals surface area contributed by atoms with Crippen LogP contribution in [-0.2, 0) is 22.2 Å². The monoisotopic (exact) mass is 323 g/mol. The Balaban J connectivity index is 2.22. The maximum atomic E-state index is 11.7. The molecule has 22 heavy (non-hydrogen) atoms. The number of aromatic nitrogens is 1. The second-order valence-electron chi connectivity index (χ2n) is 5.43. The van der Waals surface area contributed by atoms with Crippen LogP contribution in [0, 0.1) is 0 Å². The molecule has 2 N–H and O–H groups in total. The molecule has 0 bridgehead atoms. The molecule has 0 fully saturated rings. The van der Waals surface area contributed by atoms with Crippen molar-refractivity contribution in [1.29, 1.82) is 0 Å². The summed E-state index contributed by atoms with van der Waals surface area (Å²) in [5, 5.41) is 1.12. The molecule has 0 saturated carbocycles. The molecule has 1 aromatic carbocycles. The highest BCUT2D eigenvalue weighted by Crippen LogP contribution is 2.21. The Kier molecular flexibility index (Phi) is 5.61. The van der Waals surface area contributed by atoms with Crippen LogP contribution in [0.4, 0.5) is 0 Å². The minimum atomic E-state index is -3.24.